The van der Waals surface area contributed by atoms with Crippen molar-refractivity contribution in [1.29, 1.82) is 0 Å². The Kier molecular flexibility index (Phi) is 5.20. The molecule has 0 aliphatic heterocycles. The fraction of sp³-hybridized carbons (Fsp3) is 0.538. The fourth-order valence-corrected chi connectivity index (χ4v) is 2.49. The molecule has 0 aromatic heterocycles. The number of thioether (sulfide) groups is 1. The summed E-state index contributed by atoms with van der Waals surface area (Å²) < 4.78 is 0.342. The molecule has 15 heavy (non-hydrogen) atoms. The number of nitrogens with two attached hydrogens (primary N) is 1. The number of rotatable bonds is 6. The summed E-state index contributed by atoms with van der Waals surface area (Å²) in [6, 6.07) is 10.6. The predicted octanol–water partition coefficient (Wildman–Crippen LogP) is 3.44. The summed E-state index contributed by atoms with van der Waals surface area (Å²) in [4.78, 5) is 0. The molecule has 0 saturated heterocycles. The average Bonchev–Trinajstić information content (AvgIpc) is 2.25. The van der Waals surface area contributed by atoms with Crippen molar-refractivity contribution in [1.82, 2.24) is 0 Å². The molecule has 1 nitrogen and oxygen atoms in total. The lowest BCUT2D eigenvalue weighted by molar-refractivity contribution is 0.607. The first kappa shape index (κ1) is 12.6. The molecular formula is C13H21NS. The van der Waals surface area contributed by atoms with Crippen molar-refractivity contribution in [3.63, 3.8) is 0 Å². The Bertz CT molecular complexity index is 269. The zero-order chi connectivity index (χ0) is 11.1. The topological polar surface area (TPSA) is 26.0 Å². The van der Waals surface area contributed by atoms with Crippen LogP contribution in [0.1, 0.15) is 32.3 Å². The summed E-state index contributed by atoms with van der Waals surface area (Å²) in [5, 5.41) is 0. The molecular weight excluding hydrogens is 202 g/mol. The van der Waals surface area contributed by atoms with E-state index in [4.69, 9.17) is 5.73 Å². The van der Waals surface area contributed by atoms with Gasteiger partial charge in [0, 0.05) is 10.5 Å². The molecule has 1 rings (SSSR count). The highest BCUT2D eigenvalue weighted by Gasteiger charge is 2.17. The van der Waals surface area contributed by atoms with Gasteiger partial charge in [-0.3, -0.25) is 0 Å². The molecule has 0 unspecified atom stereocenters. The van der Waals surface area contributed by atoms with Crippen molar-refractivity contribution in [2.45, 2.75) is 37.2 Å². The normalized spacial score (nSPS) is 11.7. The summed E-state index contributed by atoms with van der Waals surface area (Å²) in [6.07, 6.45) is 2.32. The Morgan fingerprint density at radius 3 is 2.47 bits per heavy atom. The highest BCUT2D eigenvalue weighted by Crippen LogP contribution is 2.31. The van der Waals surface area contributed by atoms with E-state index >= 15 is 0 Å². The van der Waals surface area contributed by atoms with E-state index in [0.717, 1.165) is 18.7 Å². The van der Waals surface area contributed by atoms with Gasteiger partial charge >= 0.3 is 0 Å². The Morgan fingerprint density at radius 1 is 1.20 bits per heavy atom. The first-order chi connectivity index (χ1) is 7.14. The molecule has 0 bridgehead atoms. The van der Waals surface area contributed by atoms with E-state index in [0.29, 0.717) is 4.75 Å². The average molecular weight is 223 g/mol. The van der Waals surface area contributed by atoms with Crippen molar-refractivity contribution >= 4 is 11.8 Å². The van der Waals surface area contributed by atoms with Gasteiger partial charge in [0.05, 0.1) is 0 Å². The van der Waals surface area contributed by atoms with Crippen LogP contribution in [0.15, 0.2) is 30.3 Å². The lowest BCUT2D eigenvalue weighted by Crippen LogP contribution is -2.16. The van der Waals surface area contributed by atoms with Crippen molar-refractivity contribution in [3.8, 4) is 0 Å². The number of hydrogen-bond donors (Lipinski definition) is 1. The monoisotopic (exact) mass is 223 g/mol. The van der Waals surface area contributed by atoms with Gasteiger partial charge < -0.3 is 5.73 Å². The minimum Gasteiger partial charge on any atom is -0.330 e. The second-order valence-electron chi connectivity index (χ2n) is 4.43. The van der Waals surface area contributed by atoms with Crippen LogP contribution in [0.4, 0.5) is 0 Å². The minimum atomic E-state index is 0.342. The van der Waals surface area contributed by atoms with E-state index in [1.165, 1.54) is 12.0 Å². The third-order valence-corrected chi connectivity index (χ3v) is 3.92. The van der Waals surface area contributed by atoms with Crippen molar-refractivity contribution in [3.05, 3.63) is 35.9 Å². The van der Waals surface area contributed by atoms with Gasteiger partial charge in [-0.15, -0.1) is 0 Å². The van der Waals surface area contributed by atoms with Gasteiger partial charge in [0.1, 0.15) is 0 Å². The molecule has 0 aliphatic rings. The molecule has 0 amide bonds. The van der Waals surface area contributed by atoms with Gasteiger partial charge in [0.25, 0.3) is 0 Å². The maximum Gasteiger partial charge on any atom is 0.0189 e. The van der Waals surface area contributed by atoms with E-state index in [1.54, 1.807) is 0 Å². The Morgan fingerprint density at radius 2 is 1.87 bits per heavy atom. The lowest BCUT2D eigenvalue weighted by Gasteiger charge is -2.23. The molecule has 0 spiro atoms. The Balaban J connectivity index is 2.35. The van der Waals surface area contributed by atoms with Crippen LogP contribution in [0.2, 0.25) is 0 Å². The highest BCUT2D eigenvalue weighted by molar-refractivity contribution is 7.99. The van der Waals surface area contributed by atoms with Gasteiger partial charge in [-0.05, 0) is 24.9 Å². The molecule has 0 fully saturated rings. The van der Waals surface area contributed by atoms with Crippen molar-refractivity contribution in [2.75, 3.05) is 6.54 Å². The SMILES string of the molecule is CC(C)(CCCN)SCc1ccccc1. The molecule has 0 heterocycles. The lowest BCUT2D eigenvalue weighted by atomic mass is 10.1. The molecule has 0 radical (unpaired) electrons. The number of benzene rings is 1. The van der Waals surface area contributed by atoms with Crippen LogP contribution in [0.3, 0.4) is 0 Å². The molecule has 0 atom stereocenters. The second-order valence-corrected chi connectivity index (χ2v) is 6.11. The van der Waals surface area contributed by atoms with Crippen molar-refractivity contribution in [2.24, 2.45) is 5.73 Å². The smallest absolute Gasteiger partial charge is 0.0189 e. The highest BCUT2D eigenvalue weighted by atomic mass is 32.2. The van der Waals surface area contributed by atoms with Gasteiger partial charge in [-0.2, -0.15) is 11.8 Å². The van der Waals surface area contributed by atoms with Crippen LogP contribution < -0.4 is 5.73 Å². The van der Waals surface area contributed by atoms with Crippen molar-refractivity contribution < 1.29 is 0 Å². The summed E-state index contributed by atoms with van der Waals surface area (Å²) >= 11 is 2.02. The first-order valence-corrected chi connectivity index (χ1v) is 6.50. The van der Waals surface area contributed by atoms with Crippen LogP contribution in [-0.2, 0) is 5.75 Å². The largest absolute Gasteiger partial charge is 0.330 e. The van der Waals surface area contributed by atoms with Crippen LogP contribution in [0.25, 0.3) is 0 Å². The molecule has 2 N–H and O–H groups in total. The quantitative estimate of drug-likeness (QED) is 0.799. The van der Waals surface area contributed by atoms with E-state index in [9.17, 15) is 0 Å². The second kappa shape index (κ2) is 6.19. The Labute approximate surface area is 97.4 Å². The molecule has 0 aliphatic carbocycles. The van der Waals surface area contributed by atoms with E-state index in [-0.39, 0.29) is 0 Å². The third kappa shape index (κ3) is 5.24. The molecule has 2 heteroatoms. The minimum absolute atomic E-state index is 0.342. The summed E-state index contributed by atoms with van der Waals surface area (Å²) in [5.74, 6) is 1.10. The van der Waals surface area contributed by atoms with Gasteiger partial charge in [0.2, 0.25) is 0 Å². The Hall–Kier alpha value is -0.470. The summed E-state index contributed by atoms with van der Waals surface area (Å²) in [7, 11) is 0. The van der Waals surface area contributed by atoms with E-state index in [1.807, 2.05) is 11.8 Å². The van der Waals surface area contributed by atoms with Crippen LogP contribution in [0, 0.1) is 0 Å². The molecule has 1 aromatic rings. The molecule has 84 valence electrons. The van der Waals surface area contributed by atoms with Crippen LogP contribution in [0.5, 0.6) is 0 Å². The third-order valence-electron chi connectivity index (χ3n) is 2.46. The van der Waals surface area contributed by atoms with E-state index < -0.39 is 0 Å². The summed E-state index contributed by atoms with van der Waals surface area (Å²) in [5.41, 5.74) is 6.94. The first-order valence-electron chi connectivity index (χ1n) is 5.52. The van der Waals surface area contributed by atoms with Gasteiger partial charge in [-0.25, -0.2) is 0 Å². The standard InChI is InChI=1S/C13H21NS/c1-13(2,9-6-10-14)15-11-12-7-4-3-5-8-12/h3-5,7-8H,6,9-11,14H2,1-2H3. The van der Waals surface area contributed by atoms with E-state index in [2.05, 4.69) is 44.2 Å². The van der Waals surface area contributed by atoms with Crippen LogP contribution in [-0.4, -0.2) is 11.3 Å². The maximum atomic E-state index is 5.53. The zero-order valence-electron chi connectivity index (χ0n) is 9.70. The molecule has 1 aromatic carbocycles. The van der Waals surface area contributed by atoms with Gasteiger partial charge in [0.15, 0.2) is 0 Å². The summed E-state index contributed by atoms with van der Waals surface area (Å²) in [6.45, 7) is 5.40. The number of hydrogen-bond acceptors (Lipinski definition) is 2. The predicted molar refractivity (Wildman–Crippen MR) is 70.1 cm³/mol. The van der Waals surface area contributed by atoms with Gasteiger partial charge in [-0.1, -0.05) is 44.2 Å². The van der Waals surface area contributed by atoms with Crippen LogP contribution >= 0.6 is 11.8 Å². The fourth-order valence-electron chi connectivity index (χ4n) is 1.45. The maximum absolute atomic E-state index is 5.53. The molecule has 0 saturated carbocycles. The zero-order valence-corrected chi connectivity index (χ0v) is 10.5.